The molecule has 3 fully saturated rings. The number of likely N-dealkylation sites (N-methyl/N-ethyl adjacent to an activating group) is 1. The molecule has 0 spiro atoms. The molecule has 3 aliphatic rings. The first-order valence-electron chi connectivity index (χ1n) is 7.29. The molecular weight excluding hydrogens is 228 g/mol. The summed E-state index contributed by atoms with van der Waals surface area (Å²) in [7, 11) is 1.91. The van der Waals surface area contributed by atoms with Gasteiger partial charge >= 0.3 is 0 Å². The number of hydrogen-bond acceptors (Lipinski definition) is 3. The first-order valence-corrected chi connectivity index (χ1v) is 7.29. The largest absolute Gasteiger partial charge is 0.376 e. The Morgan fingerprint density at radius 3 is 2.72 bits per heavy atom. The van der Waals surface area contributed by atoms with Crippen LogP contribution < -0.4 is 5.73 Å². The van der Waals surface area contributed by atoms with Crippen LogP contribution in [0.4, 0.5) is 0 Å². The first kappa shape index (κ1) is 12.4. The molecule has 5 unspecified atom stereocenters. The van der Waals surface area contributed by atoms with E-state index >= 15 is 0 Å². The number of ether oxygens (including phenoxy) is 1. The van der Waals surface area contributed by atoms with Crippen LogP contribution in [-0.2, 0) is 9.53 Å². The summed E-state index contributed by atoms with van der Waals surface area (Å²) in [6, 6.07) is 0.100. The molecule has 1 amide bonds. The molecule has 2 saturated carbocycles. The van der Waals surface area contributed by atoms with Gasteiger partial charge in [0.05, 0.1) is 12.0 Å². The highest BCUT2D eigenvalue weighted by Gasteiger charge is 2.49. The Morgan fingerprint density at radius 1 is 1.33 bits per heavy atom. The van der Waals surface area contributed by atoms with Crippen LogP contribution in [0.2, 0.25) is 0 Å². The van der Waals surface area contributed by atoms with E-state index < -0.39 is 0 Å². The van der Waals surface area contributed by atoms with Crippen molar-refractivity contribution in [3.8, 4) is 0 Å². The molecule has 2 aliphatic carbocycles. The van der Waals surface area contributed by atoms with Crippen molar-refractivity contribution >= 4 is 5.91 Å². The van der Waals surface area contributed by atoms with Crippen LogP contribution in [0.3, 0.4) is 0 Å². The average molecular weight is 252 g/mol. The van der Waals surface area contributed by atoms with Gasteiger partial charge in [-0.2, -0.15) is 0 Å². The van der Waals surface area contributed by atoms with Crippen molar-refractivity contribution in [2.24, 2.45) is 23.5 Å². The maximum atomic E-state index is 12.5. The van der Waals surface area contributed by atoms with Crippen molar-refractivity contribution in [2.45, 2.75) is 44.2 Å². The third kappa shape index (κ3) is 2.05. The SMILES string of the molecule is CN(CC1CCCO1)C(=O)C1C2CCC(C2)C1N. The lowest BCUT2D eigenvalue weighted by Crippen LogP contribution is -2.47. The van der Waals surface area contributed by atoms with Crippen LogP contribution in [0.15, 0.2) is 0 Å². The molecule has 0 aromatic rings. The van der Waals surface area contributed by atoms with Gasteiger partial charge in [0.2, 0.25) is 5.91 Å². The molecule has 2 N–H and O–H groups in total. The van der Waals surface area contributed by atoms with Crippen molar-refractivity contribution < 1.29 is 9.53 Å². The predicted octanol–water partition coefficient (Wildman–Crippen LogP) is 0.997. The standard InChI is InChI=1S/C14H24N2O2/c1-16(8-11-3-2-6-18-11)14(17)12-9-4-5-10(7-9)13(12)15/h9-13H,2-8,15H2,1H3. The molecule has 0 radical (unpaired) electrons. The molecule has 4 heteroatoms. The highest BCUT2D eigenvalue weighted by molar-refractivity contribution is 5.80. The molecule has 4 nitrogen and oxygen atoms in total. The van der Waals surface area contributed by atoms with E-state index in [1.165, 1.54) is 19.3 Å². The third-order valence-electron chi connectivity index (χ3n) is 5.14. The normalized spacial score (nSPS) is 42.4. The van der Waals surface area contributed by atoms with Crippen LogP contribution in [0, 0.1) is 17.8 Å². The van der Waals surface area contributed by atoms with Gasteiger partial charge in [0, 0.05) is 26.2 Å². The smallest absolute Gasteiger partial charge is 0.227 e. The number of carbonyl (C=O) groups is 1. The molecule has 102 valence electrons. The summed E-state index contributed by atoms with van der Waals surface area (Å²) in [5.41, 5.74) is 6.23. The van der Waals surface area contributed by atoms with Crippen LogP contribution in [0.1, 0.15) is 32.1 Å². The van der Waals surface area contributed by atoms with Crippen LogP contribution >= 0.6 is 0 Å². The van der Waals surface area contributed by atoms with Gasteiger partial charge in [0.15, 0.2) is 0 Å². The minimum absolute atomic E-state index is 0.0788. The number of carbonyl (C=O) groups excluding carboxylic acids is 1. The Balaban J connectivity index is 1.59. The summed E-state index contributed by atoms with van der Waals surface area (Å²) >= 11 is 0. The number of amides is 1. The molecule has 0 aromatic carbocycles. The van der Waals surface area contributed by atoms with E-state index in [0.29, 0.717) is 11.8 Å². The molecule has 1 aliphatic heterocycles. The summed E-state index contributed by atoms with van der Waals surface area (Å²) in [6.45, 7) is 1.58. The fourth-order valence-electron chi connectivity index (χ4n) is 4.14. The number of rotatable bonds is 3. The van der Waals surface area contributed by atoms with Crippen LogP contribution in [0.5, 0.6) is 0 Å². The highest BCUT2D eigenvalue weighted by Crippen LogP contribution is 2.48. The van der Waals surface area contributed by atoms with Gasteiger partial charge in [-0.05, 0) is 43.9 Å². The fourth-order valence-corrected chi connectivity index (χ4v) is 4.14. The Hall–Kier alpha value is -0.610. The van der Waals surface area contributed by atoms with Crippen LogP contribution in [0.25, 0.3) is 0 Å². The average Bonchev–Trinajstić information content (AvgIpc) is 3.04. The molecule has 18 heavy (non-hydrogen) atoms. The van der Waals surface area contributed by atoms with E-state index in [-0.39, 0.29) is 24.0 Å². The lowest BCUT2D eigenvalue weighted by Gasteiger charge is -2.31. The summed E-state index contributed by atoms with van der Waals surface area (Å²) in [6.07, 6.45) is 6.05. The molecule has 5 atom stereocenters. The Bertz CT molecular complexity index is 326. The van der Waals surface area contributed by atoms with Gasteiger partial charge < -0.3 is 15.4 Å². The monoisotopic (exact) mass is 252 g/mol. The number of fused-ring (bicyclic) bond motifs is 2. The zero-order valence-corrected chi connectivity index (χ0v) is 11.2. The minimum atomic E-state index is 0.0788. The Kier molecular flexibility index (Phi) is 3.32. The zero-order valence-electron chi connectivity index (χ0n) is 11.2. The third-order valence-corrected chi connectivity index (χ3v) is 5.14. The van der Waals surface area contributed by atoms with Gasteiger partial charge in [-0.25, -0.2) is 0 Å². The number of hydrogen-bond donors (Lipinski definition) is 1. The molecule has 0 aromatic heterocycles. The van der Waals surface area contributed by atoms with Gasteiger partial charge in [0.1, 0.15) is 0 Å². The van der Waals surface area contributed by atoms with E-state index in [2.05, 4.69) is 0 Å². The first-order chi connectivity index (χ1) is 8.66. The molecule has 1 heterocycles. The Labute approximate surface area is 109 Å². The summed E-state index contributed by atoms with van der Waals surface area (Å²) in [4.78, 5) is 14.4. The van der Waals surface area contributed by atoms with Gasteiger partial charge in [-0.3, -0.25) is 4.79 Å². The maximum Gasteiger partial charge on any atom is 0.227 e. The zero-order chi connectivity index (χ0) is 12.7. The predicted molar refractivity (Wildman–Crippen MR) is 68.9 cm³/mol. The summed E-state index contributed by atoms with van der Waals surface area (Å²) < 4.78 is 5.60. The molecule has 3 rings (SSSR count). The lowest BCUT2D eigenvalue weighted by molar-refractivity contribution is -0.137. The topological polar surface area (TPSA) is 55.6 Å². The van der Waals surface area contributed by atoms with Gasteiger partial charge in [-0.1, -0.05) is 0 Å². The molecule has 1 saturated heterocycles. The molecule has 2 bridgehead atoms. The van der Waals surface area contributed by atoms with E-state index in [1.54, 1.807) is 0 Å². The number of nitrogens with two attached hydrogens (primary N) is 1. The van der Waals surface area contributed by atoms with Crippen LogP contribution in [-0.4, -0.2) is 43.2 Å². The lowest BCUT2D eigenvalue weighted by atomic mass is 9.84. The van der Waals surface area contributed by atoms with Crippen molar-refractivity contribution in [1.29, 1.82) is 0 Å². The van der Waals surface area contributed by atoms with Gasteiger partial charge in [0.25, 0.3) is 0 Å². The van der Waals surface area contributed by atoms with E-state index in [9.17, 15) is 4.79 Å². The van der Waals surface area contributed by atoms with Crippen molar-refractivity contribution in [2.75, 3.05) is 20.2 Å². The van der Waals surface area contributed by atoms with E-state index in [0.717, 1.165) is 26.0 Å². The van der Waals surface area contributed by atoms with E-state index in [1.807, 2.05) is 11.9 Å². The quantitative estimate of drug-likeness (QED) is 0.815. The van der Waals surface area contributed by atoms with Crippen molar-refractivity contribution in [3.63, 3.8) is 0 Å². The molecular formula is C14H24N2O2. The highest BCUT2D eigenvalue weighted by atomic mass is 16.5. The van der Waals surface area contributed by atoms with E-state index in [4.69, 9.17) is 10.5 Å². The second-order valence-electron chi connectivity index (χ2n) is 6.29. The second-order valence-corrected chi connectivity index (χ2v) is 6.29. The van der Waals surface area contributed by atoms with Crippen molar-refractivity contribution in [1.82, 2.24) is 4.90 Å². The minimum Gasteiger partial charge on any atom is -0.376 e. The summed E-state index contributed by atoms with van der Waals surface area (Å²) in [5.74, 6) is 1.48. The van der Waals surface area contributed by atoms with Gasteiger partial charge in [-0.15, -0.1) is 0 Å². The maximum absolute atomic E-state index is 12.5. The fraction of sp³-hybridized carbons (Fsp3) is 0.929. The van der Waals surface area contributed by atoms with Crippen molar-refractivity contribution in [3.05, 3.63) is 0 Å². The summed E-state index contributed by atoms with van der Waals surface area (Å²) in [5, 5.41) is 0. The second kappa shape index (κ2) is 4.82. The Morgan fingerprint density at radius 2 is 2.11 bits per heavy atom. The number of nitrogens with zero attached hydrogens (tertiary/aromatic N) is 1.